The number of nitrogens with zero attached hydrogens (tertiary/aromatic N) is 6. The molecule has 1 saturated heterocycles. The third-order valence-corrected chi connectivity index (χ3v) is 4.73. The van der Waals surface area contributed by atoms with Gasteiger partial charge >= 0.3 is 0 Å². The molecule has 0 aliphatic carbocycles. The first kappa shape index (κ1) is 16.1. The van der Waals surface area contributed by atoms with Crippen LogP contribution in [0, 0.1) is 0 Å². The Kier molecular flexibility index (Phi) is 4.67. The lowest BCUT2D eigenvalue weighted by Gasteiger charge is -2.31. The quantitative estimate of drug-likeness (QED) is 0.775. The highest BCUT2D eigenvalue weighted by atomic mass is 35.5. The second-order valence-corrected chi connectivity index (χ2v) is 6.54. The number of nitrogens with one attached hydrogen (secondary N) is 1. The standard InChI is InChI=1S/C17H18ClN7/c18-13-5-3-9-19-17(13)16-8-2-7-15(22-16)14-6-1-4-12(21-14)10-25-11-20-23-24-25/h1,3-6,9,11,15-16,22H,2,7-8,10H2/t15-,16+/m1/s1. The maximum absolute atomic E-state index is 6.32. The zero-order chi connectivity index (χ0) is 17.1. The molecule has 1 aliphatic heterocycles. The van der Waals surface area contributed by atoms with Gasteiger partial charge in [-0.15, -0.1) is 5.10 Å². The zero-order valence-corrected chi connectivity index (χ0v) is 14.3. The van der Waals surface area contributed by atoms with Crippen LogP contribution in [0.4, 0.5) is 0 Å². The van der Waals surface area contributed by atoms with Crippen molar-refractivity contribution in [2.45, 2.75) is 37.9 Å². The summed E-state index contributed by atoms with van der Waals surface area (Å²) in [4.78, 5) is 9.25. The summed E-state index contributed by atoms with van der Waals surface area (Å²) in [5.41, 5.74) is 2.88. The minimum atomic E-state index is 0.150. The van der Waals surface area contributed by atoms with Crippen LogP contribution < -0.4 is 5.32 Å². The van der Waals surface area contributed by atoms with Gasteiger partial charge in [0.2, 0.25) is 0 Å². The molecule has 0 amide bonds. The van der Waals surface area contributed by atoms with E-state index in [1.165, 1.54) is 0 Å². The van der Waals surface area contributed by atoms with Crippen molar-refractivity contribution >= 4 is 11.6 Å². The van der Waals surface area contributed by atoms with E-state index in [0.29, 0.717) is 11.6 Å². The predicted octanol–water partition coefficient (Wildman–Crippen LogP) is 2.72. The van der Waals surface area contributed by atoms with Crippen LogP contribution >= 0.6 is 11.6 Å². The Bertz CT molecular complexity index is 837. The predicted molar refractivity (Wildman–Crippen MR) is 92.9 cm³/mol. The minimum absolute atomic E-state index is 0.150. The van der Waals surface area contributed by atoms with E-state index in [0.717, 1.165) is 36.3 Å². The molecular formula is C17H18ClN7. The first-order chi connectivity index (χ1) is 12.3. The van der Waals surface area contributed by atoms with Crippen LogP contribution in [0.5, 0.6) is 0 Å². The Morgan fingerprint density at radius 1 is 1.16 bits per heavy atom. The summed E-state index contributed by atoms with van der Waals surface area (Å²) >= 11 is 6.32. The van der Waals surface area contributed by atoms with E-state index in [-0.39, 0.29) is 12.1 Å². The lowest BCUT2D eigenvalue weighted by atomic mass is 9.94. The van der Waals surface area contributed by atoms with Gasteiger partial charge in [0.05, 0.1) is 40.7 Å². The fourth-order valence-corrected chi connectivity index (χ4v) is 3.49. The highest BCUT2D eigenvalue weighted by Crippen LogP contribution is 2.33. The van der Waals surface area contributed by atoms with Crippen molar-refractivity contribution in [1.82, 2.24) is 35.5 Å². The van der Waals surface area contributed by atoms with E-state index in [1.54, 1.807) is 17.2 Å². The smallest absolute Gasteiger partial charge is 0.138 e. The molecule has 4 heterocycles. The van der Waals surface area contributed by atoms with Gasteiger partial charge in [-0.25, -0.2) is 4.68 Å². The van der Waals surface area contributed by atoms with Crippen LogP contribution in [0.25, 0.3) is 0 Å². The van der Waals surface area contributed by atoms with E-state index in [1.807, 2.05) is 24.3 Å². The number of hydrogen-bond donors (Lipinski definition) is 1. The molecule has 2 atom stereocenters. The fraction of sp³-hybridized carbons (Fsp3) is 0.353. The van der Waals surface area contributed by atoms with Crippen molar-refractivity contribution in [2.75, 3.05) is 0 Å². The largest absolute Gasteiger partial charge is 0.300 e. The molecule has 0 spiro atoms. The molecule has 128 valence electrons. The normalized spacial score (nSPS) is 20.5. The Morgan fingerprint density at radius 2 is 2.08 bits per heavy atom. The van der Waals surface area contributed by atoms with Gasteiger partial charge in [0.15, 0.2) is 0 Å². The third-order valence-electron chi connectivity index (χ3n) is 4.41. The van der Waals surface area contributed by atoms with Crippen LogP contribution in [0.2, 0.25) is 5.02 Å². The molecule has 0 saturated carbocycles. The zero-order valence-electron chi connectivity index (χ0n) is 13.6. The van der Waals surface area contributed by atoms with E-state index in [2.05, 4.69) is 31.9 Å². The van der Waals surface area contributed by atoms with Gasteiger partial charge < -0.3 is 5.32 Å². The molecule has 8 heteroatoms. The number of pyridine rings is 2. The second-order valence-electron chi connectivity index (χ2n) is 6.13. The minimum Gasteiger partial charge on any atom is -0.300 e. The number of tetrazole rings is 1. The summed E-state index contributed by atoms with van der Waals surface area (Å²) in [6, 6.07) is 10.2. The maximum atomic E-state index is 6.32. The Labute approximate surface area is 150 Å². The molecule has 7 nitrogen and oxygen atoms in total. The molecule has 0 radical (unpaired) electrons. The van der Waals surface area contributed by atoms with Crippen LogP contribution in [-0.4, -0.2) is 30.2 Å². The van der Waals surface area contributed by atoms with Crippen molar-refractivity contribution in [3.05, 3.63) is 65.0 Å². The Hall–Kier alpha value is -2.38. The van der Waals surface area contributed by atoms with E-state index < -0.39 is 0 Å². The average Bonchev–Trinajstić information content (AvgIpc) is 3.15. The third kappa shape index (κ3) is 3.67. The van der Waals surface area contributed by atoms with Crippen LogP contribution in [-0.2, 0) is 6.54 Å². The molecular weight excluding hydrogens is 338 g/mol. The monoisotopic (exact) mass is 355 g/mol. The SMILES string of the molecule is Clc1cccnc1[C@@H]1CCC[C@H](c2cccc(Cn3cnnn3)n2)N1. The van der Waals surface area contributed by atoms with E-state index in [4.69, 9.17) is 16.6 Å². The van der Waals surface area contributed by atoms with Crippen LogP contribution in [0.15, 0.2) is 42.9 Å². The van der Waals surface area contributed by atoms with Crippen LogP contribution in [0.1, 0.15) is 48.4 Å². The number of aromatic nitrogens is 6. The van der Waals surface area contributed by atoms with Gasteiger partial charge in [-0.2, -0.15) is 0 Å². The van der Waals surface area contributed by atoms with Gasteiger partial charge in [0.25, 0.3) is 0 Å². The maximum Gasteiger partial charge on any atom is 0.138 e. The van der Waals surface area contributed by atoms with Crippen molar-refractivity contribution in [1.29, 1.82) is 0 Å². The first-order valence-corrected chi connectivity index (χ1v) is 8.70. The molecule has 0 bridgehead atoms. The molecule has 3 aromatic rings. The van der Waals surface area contributed by atoms with Crippen LogP contribution in [0.3, 0.4) is 0 Å². The lowest BCUT2D eigenvalue weighted by molar-refractivity contribution is 0.321. The Morgan fingerprint density at radius 3 is 2.92 bits per heavy atom. The Balaban J connectivity index is 1.52. The topological polar surface area (TPSA) is 81.4 Å². The van der Waals surface area contributed by atoms with E-state index >= 15 is 0 Å². The number of hydrogen-bond acceptors (Lipinski definition) is 6. The number of halogens is 1. The van der Waals surface area contributed by atoms with Gasteiger partial charge in [-0.1, -0.05) is 17.7 Å². The van der Waals surface area contributed by atoms with Gasteiger partial charge in [-0.05, 0) is 54.0 Å². The molecule has 3 aromatic heterocycles. The highest BCUT2D eigenvalue weighted by Gasteiger charge is 2.26. The van der Waals surface area contributed by atoms with Crippen molar-refractivity contribution < 1.29 is 0 Å². The first-order valence-electron chi connectivity index (χ1n) is 8.32. The number of piperidine rings is 1. The van der Waals surface area contributed by atoms with Crippen molar-refractivity contribution in [3.63, 3.8) is 0 Å². The van der Waals surface area contributed by atoms with Gasteiger partial charge in [0, 0.05) is 6.20 Å². The van der Waals surface area contributed by atoms with E-state index in [9.17, 15) is 0 Å². The van der Waals surface area contributed by atoms with Crippen molar-refractivity contribution in [3.8, 4) is 0 Å². The molecule has 1 aliphatic rings. The lowest BCUT2D eigenvalue weighted by Crippen LogP contribution is -2.32. The second kappa shape index (κ2) is 7.25. The molecule has 4 rings (SSSR count). The van der Waals surface area contributed by atoms with Gasteiger partial charge in [0.1, 0.15) is 6.33 Å². The fourth-order valence-electron chi connectivity index (χ4n) is 3.24. The van der Waals surface area contributed by atoms with Crippen molar-refractivity contribution in [2.24, 2.45) is 0 Å². The molecule has 25 heavy (non-hydrogen) atoms. The average molecular weight is 356 g/mol. The summed E-state index contributed by atoms with van der Waals surface area (Å²) in [6.07, 6.45) is 6.55. The molecule has 1 fully saturated rings. The molecule has 0 unspecified atom stereocenters. The summed E-state index contributed by atoms with van der Waals surface area (Å²) < 4.78 is 1.66. The number of rotatable bonds is 4. The summed E-state index contributed by atoms with van der Waals surface area (Å²) in [7, 11) is 0. The molecule has 0 aromatic carbocycles. The summed E-state index contributed by atoms with van der Waals surface area (Å²) in [5, 5.41) is 15.6. The molecule has 1 N–H and O–H groups in total. The summed E-state index contributed by atoms with van der Waals surface area (Å²) in [6.45, 7) is 0.559. The summed E-state index contributed by atoms with van der Waals surface area (Å²) in [5.74, 6) is 0. The highest BCUT2D eigenvalue weighted by molar-refractivity contribution is 6.31. The van der Waals surface area contributed by atoms with Gasteiger partial charge in [-0.3, -0.25) is 9.97 Å².